The summed E-state index contributed by atoms with van der Waals surface area (Å²) in [7, 11) is 0. The van der Waals surface area contributed by atoms with Crippen LogP contribution in [0.4, 0.5) is 0 Å². The Morgan fingerprint density at radius 1 is 1.56 bits per heavy atom. The van der Waals surface area contributed by atoms with Crippen molar-refractivity contribution in [2.24, 2.45) is 5.92 Å². The standard InChI is InChI=1S/C14H20N2/c1-5-8-11(4)12(6-2)9-13-10-15-16-14(13)7-3/h6-7,9-11H,2-3,5,8H2,1,4H3,(H,15,16)/b12-9+. The van der Waals surface area contributed by atoms with Crippen LogP contribution >= 0.6 is 0 Å². The molecule has 1 unspecified atom stereocenters. The quantitative estimate of drug-likeness (QED) is 0.714. The summed E-state index contributed by atoms with van der Waals surface area (Å²) in [6.45, 7) is 12.1. The van der Waals surface area contributed by atoms with Crippen molar-refractivity contribution in [3.63, 3.8) is 0 Å². The van der Waals surface area contributed by atoms with Gasteiger partial charge in [0.2, 0.25) is 0 Å². The molecule has 1 N–H and O–H groups in total. The van der Waals surface area contributed by atoms with Crippen molar-refractivity contribution in [1.82, 2.24) is 10.2 Å². The molecule has 0 aliphatic heterocycles. The van der Waals surface area contributed by atoms with Gasteiger partial charge in [0.25, 0.3) is 0 Å². The lowest BCUT2D eigenvalue weighted by Crippen LogP contribution is -1.96. The lowest BCUT2D eigenvalue weighted by Gasteiger charge is -2.11. The Bertz CT molecular complexity index is 385. The maximum atomic E-state index is 4.01. The van der Waals surface area contributed by atoms with E-state index in [1.165, 1.54) is 18.4 Å². The molecule has 2 heteroatoms. The van der Waals surface area contributed by atoms with Gasteiger partial charge in [-0.1, -0.05) is 39.5 Å². The van der Waals surface area contributed by atoms with Crippen molar-refractivity contribution in [2.75, 3.05) is 0 Å². The van der Waals surface area contributed by atoms with Crippen molar-refractivity contribution in [1.29, 1.82) is 0 Å². The Morgan fingerprint density at radius 3 is 2.88 bits per heavy atom. The molecule has 0 aliphatic carbocycles. The zero-order chi connectivity index (χ0) is 12.0. The highest BCUT2D eigenvalue weighted by molar-refractivity contribution is 5.64. The first-order chi connectivity index (χ1) is 7.72. The minimum absolute atomic E-state index is 0.537. The number of allylic oxidation sites excluding steroid dienone is 2. The summed E-state index contributed by atoms with van der Waals surface area (Å²) in [5.41, 5.74) is 3.29. The topological polar surface area (TPSA) is 28.7 Å². The lowest BCUT2D eigenvalue weighted by molar-refractivity contribution is 0.616. The second-order valence-electron chi connectivity index (χ2n) is 3.98. The van der Waals surface area contributed by atoms with Crippen LogP contribution in [0.5, 0.6) is 0 Å². The third-order valence-corrected chi connectivity index (χ3v) is 2.75. The highest BCUT2D eigenvalue weighted by Crippen LogP contribution is 2.21. The molecule has 0 bridgehead atoms. The van der Waals surface area contributed by atoms with Crippen LogP contribution in [-0.2, 0) is 0 Å². The van der Waals surface area contributed by atoms with Crippen LogP contribution in [0.25, 0.3) is 12.2 Å². The molecule has 1 aromatic rings. The van der Waals surface area contributed by atoms with E-state index in [9.17, 15) is 0 Å². The summed E-state index contributed by atoms with van der Waals surface area (Å²) in [6.07, 6.45) is 10.0. The van der Waals surface area contributed by atoms with Gasteiger partial charge in [-0.25, -0.2) is 0 Å². The Morgan fingerprint density at radius 2 is 2.31 bits per heavy atom. The minimum atomic E-state index is 0.537. The average molecular weight is 216 g/mol. The van der Waals surface area contributed by atoms with Gasteiger partial charge in [0.15, 0.2) is 0 Å². The molecule has 16 heavy (non-hydrogen) atoms. The van der Waals surface area contributed by atoms with Crippen LogP contribution in [0.1, 0.15) is 37.9 Å². The van der Waals surface area contributed by atoms with Gasteiger partial charge in [0, 0.05) is 5.56 Å². The number of aromatic amines is 1. The number of nitrogens with one attached hydrogen (secondary N) is 1. The zero-order valence-electron chi connectivity index (χ0n) is 10.2. The normalized spacial score (nSPS) is 13.5. The monoisotopic (exact) mass is 216 g/mol. The average Bonchev–Trinajstić information content (AvgIpc) is 2.73. The van der Waals surface area contributed by atoms with Crippen molar-refractivity contribution >= 4 is 12.2 Å². The van der Waals surface area contributed by atoms with E-state index in [-0.39, 0.29) is 0 Å². The van der Waals surface area contributed by atoms with Crippen molar-refractivity contribution < 1.29 is 0 Å². The van der Waals surface area contributed by atoms with Crippen LogP contribution in [0.15, 0.2) is 31.0 Å². The van der Waals surface area contributed by atoms with Gasteiger partial charge in [-0.3, -0.25) is 5.10 Å². The molecule has 0 aromatic carbocycles. The first kappa shape index (κ1) is 12.5. The summed E-state index contributed by atoms with van der Waals surface area (Å²) < 4.78 is 0. The Hall–Kier alpha value is -1.57. The first-order valence-electron chi connectivity index (χ1n) is 5.72. The van der Waals surface area contributed by atoms with Crippen molar-refractivity contribution in [3.8, 4) is 0 Å². The van der Waals surface area contributed by atoms with E-state index in [0.29, 0.717) is 5.92 Å². The molecular weight excluding hydrogens is 196 g/mol. The van der Waals surface area contributed by atoms with E-state index in [0.717, 1.165) is 11.3 Å². The number of H-pyrrole nitrogens is 1. The van der Waals surface area contributed by atoms with Crippen molar-refractivity contribution in [3.05, 3.63) is 42.3 Å². The SMILES string of the molecule is C=C/C(=C\c1cn[nH]c1C=C)C(C)CCC. The summed E-state index contributed by atoms with van der Waals surface area (Å²) in [5.74, 6) is 0.537. The second kappa shape index (κ2) is 6.11. The third-order valence-electron chi connectivity index (χ3n) is 2.75. The van der Waals surface area contributed by atoms with Gasteiger partial charge in [0.05, 0.1) is 11.9 Å². The third kappa shape index (κ3) is 2.96. The van der Waals surface area contributed by atoms with Crippen LogP contribution in [0.3, 0.4) is 0 Å². The van der Waals surface area contributed by atoms with Crippen LogP contribution in [0, 0.1) is 5.92 Å². The number of nitrogens with zero attached hydrogens (tertiary/aromatic N) is 1. The molecule has 0 fully saturated rings. The van der Waals surface area contributed by atoms with Gasteiger partial charge in [-0.15, -0.1) is 0 Å². The predicted molar refractivity (Wildman–Crippen MR) is 70.9 cm³/mol. The highest BCUT2D eigenvalue weighted by Gasteiger charge is 2.06. The van der Waals surface area contributed by atoms with Crippen molar-refractivity contribution in [2.45, 2.75) is 26.7 Å². The van der Waals surface area contributed by atoms with Gasteiger partial charge >= 0.3 is 0 Å². The van der Waals surface area contributed by atoms with E-state index in [1.807, 2.05) is 12.3 Å². The molecule has 0 spiro atoms. The molecule has 1 atom stereocenters. The molecule has 86 valence electrons. The van der Waals surface area contributed by atoms with Crippen LogP contribution in [-0.4, -0.2) is 10.2 Å². The van der Waals surface area contributed by atoms with Gasteiger partial charge < -0.3 is 0 Å². The molecule has 2 nitrogen and oxygen atoms in total. The molecule has 1 rings (SSSR count). The molecule has 0 amide bonds. The maximum absolute atomic E-state index is 4.01. The summed E-state index contributed by atoms with van der Waals surface area (Å²) in [5, 5.41) is 6.92. The van der Waals surface area contributed by atoms with E-state index in [1.54, 1.807) is 6.08 Å². The second-order valence-corrected chi connectivity index (χ2v) is 3.98. The van der Waals surface area contributed by atoms with Gasteiger partial charge in [0.1, 0.15) is 0 Å². The maximum Gasteiger partial charge on any atom is 0.0644 e. The molecule has 0 saturated heterocycles. The van der Waals surface area contributed by atoms with E-state index >= 15 is 0 Å². The molecule has 0 saturated carbocycles. The fourth-order valence-electron chi connectivity index (χ4n) is 1.77. The Kier molecular flexibility index (Phi) is 4.77. The zero-order valence-corrected chi connectivity index (χ0v) is 10.2. The first-order valence-corrected chi connectivity index (χ1v) is 5.72. The highest BCUT2D eigenvalue weighted by atomic mass is 15.1. The Balaban J connectivity index is 2.95. The molecule has 0 radical (unpaired) electrons. The van der Waals surface area contributed by atoms with Gasteiger partial charge in [-0.05, 0) is 30.1 Å². The van der Waals surface area contributed by atoms with Gasteiger partial charge in [-0.2, -0.15) is 5.10 Å². The molecule has 1 aromatic heterocycles. The number of rotatable bonds is 6. The van der Waals surface area contributed by atoms with Crippen LogP contribution in [0.2, 0.25) is 0 Å². The number of hydrogen-bond donors (Lipinski definition) is 1. The van der Waals surface area contributed by atoms with E-state index < -0.39 is 0 Å². The predicted octanol–water partition coefficient (Wildman–Crippen LogP) is 4.06. The summed E-state index contributed by atoms with van der Waals surface area (Å²) >= 11 is 0. The van der Waals surface area contributed by atoms with Crippen LogP contribution < -0.4 is 0 Å². The Labute approximate surface area is 97.8 Å². The summed E-state index contributed by atoms with van der Waals surface area (Å²) in [4.78, 5) is 0. The fraction of sp³-hybridized carbons (Fsp3) is 0.357. The number of aromatic nitrogens is 2. The molecular formula is C14H20N2. The van der Waals surface area contributed by atoms with E-state index in [2.05, 4.69) is 43.3 Å². The summed E-state index contributed by atoms with van der Waals surface area (Å²) in [6, 6.07) is 0. The largest absolute Gasteiger partial charge is 0.278 e. The smallest absolute Gasteiger partial charge is 0.0644 e. The lowest BCUT2D eigenvalue weighted by atomic mass is 9.94. The molecule has 0 aliphatic rings. The molecule has 1 heterocycles. The minimum Gasteiger partial charge on any atom is -0.278 e. The fourth-order valence-corrected chi connectivity index (χ4v) is 1.77. The van der Waals surface area contributed by atoms with E-state index in [4.69, 9.17) is 0 Å². The number of hydrogen-bond acceptors (Lipinski definition) is 1.